The van der Waals surface area contributed by atoms with E-state index in [-0.39, 0.29) is 36.8 Å². The molecule has 4 amide bonds. The minimum absolute atomic E-state index is 0.0880. The van der Waals surface area contributed by atoms with Gasteiger partial charge in [0, 0.05) is 24.1 Å². The predicted octanol–water partition coefficient (Wildman–Crippen LogP) is 5.39. The number of alkyl halides is 1. The van der Waals surface area contributed by atoms with Crippen LogP contribution in [-0.4, -0.2) is 99.3 Å². The third-order valence-corrected chi connectivity index (χ3v) is 10.1. The van der Waals surface area contributed by atoms with Crippen molar-refractivity contribution >= 4 is 35.0 Å². The molecule has 290 valence electrons. The highest BCUT2D eigenvalue weighted by molar-refractivity contribution is 5.87. The maximum absolute atomic E-state index is 14.8. The van der Waals surface area contributed by atoms with Gasteiger partial charge in [0.25, 0.3) is 0 Å². The average Bonchev–Trinajstić information content (AvgIpc) is 4.00. The number of amides is 4. The lowest BCUT2D eigenvalue weighted by Gasteiger charge is -2.30. The number of imidazole rings is 2. The van der Waals surface area contributed by atoms with E-state index in [1.165, 1.54) is 19.1 Å². The van der Waals surface area contributed by atoms with Gasteiger partial charge in [0.2, 0.25) is 11.8 Å². The summed E-state index contributed by atoms with van der Waals surface area (Å²) >= 11 is 0. The van der Waals surface area contributed by atoms with E-state index in [0.717, 1.165) is 35.2 Å². The van der Waals surface area contributed by atoms with Crippen LogP contribution in [0.2, 0.25) is 0 Å². The number of benzene rings is 2. The Morgan fingerprint density at radius 1 is 0.836 bits per heavy atom. The topological polar surface area (TPSA) is 175 Å². The molecule has 4 N–H and O–H groups in total. The number of aromatic amines is 2. The number of halogens is 1. The third kappa shape index (κ3) is 8.58. The first-order chi connectivity index (χ1) is 26.4. The Balaban J connectivity index is 1.13. The zero-order valence-corrected chi connectivity index (χ0v) is 31.8. The molecule has 2 aromatic carbocycles. The molecule has 15 heteroatoms. The number of ether oxygens (including phenoxy) is 2. The number of hydrogen-bond acceptors (Lipinski definition) is 8. The molecule has 0 bridgehead atoms. The monoisotopic (exact) mass is 754 g/mol. The van der Waals surface area contributed by atoms with E-state index in [9.17, 15) is 23.6 Å². The minimum Gasteiger partial charge on any atom is -0.453 e. The normalized spacial score (nSPS) is 19.3. The van der Waals surface area contributed by atoms with Crippen molar-refractivity contribution in [2.75, 3.05) is 27.3 Å². The van der Waals surface area contributed by atoms with E-state index in [1.807, 2.05) is 56.3 Å². The molecule has 4 heterocycles. The fourth-order valence-corrected chi connectivity index (χ4v) is 7.15. The molecular weight excluding hydrogens is 707 g/mol. The van der Waals surface area contributed by atoms with Crippen molar-refractivity contribution in [2.24, 2.45) is 11.8 Å². The van der Waals surface area contributed by atoms with Crippen LogP contribution < -0.4 is 10.6 Å². The van der Waals surface area contributed by atoms with Crippen molar-refractivity contribution in [3.8, 4) is 23.1 Å². The van der Waals surface area contributed by atoms with Crippen molar-refractivity contribution < 1.29 is 33.0 Å². The van der Waals surface area contributed by atoms with Gasteiger partial charge < -0.3 is 39.9 Å². The zero-order valence-electron chi connectivity index (χ0n) is 31.8. The lowest BCUT2D eigenvalue weighted by Crippen LogP contribution is -2.51. The summed E-state index contributed by atoms with van der Waals surface area (Å²) in [5.74, 6) is 6.64. The second kappa shape index (κ2) is 16.6. The van der Waals surface area contributed by atoms with Crippen LogP contribution in [0.5, 0.6) is 0 Å². The Hall–Kier alpha value is -5.91. The number of alkyl carbamates (subject to hydrolysis) is 2. The van der Waals surface area contributed by atoms with Gasteiger partial charge in [0.15, 0.2) is 0 Å². The number of nitrogens with zero attached hydrogens (tertiary/aromatic N) is 4. The first kappa shape index (κ1) is 38.8. The van der Waals surface area contributed by atoms with Gasteiger partial charge in [-0.1, -0.05) is 51.7 Å². The highest BCUT2D eigenvalue weighted by Gasteiger charge is 2.42. The number of H-pyrrole nitrogens is 2. The lowest BCUT2D eigenvalue weighted by molar-refractivity contribution is -0.136. The van der Waals surface area contributed by atoms with E-state index in [0.29, 0.717) is 29.2 Å². The molecule has 2 fully saturated rings. The smallest absolute Gasteiger partial charge is 0.407 e. The van der Waals surface area contributed by atoms with E-state index in [1.54, 1.807) is 24.9 Å². The summed E-state index contributed by atoms with van der Waals surface area (Å²) in [5, 5.41) is 5.25. The number of carbonyl (C=O) groups excluding carboxylic acids is 4. The number of rotatable bonds is 9. The Bertz CT molecular complexity index is 2100. The van der Waals surface area contributed by atoms with Crippen LogP contribution in [0, 0.1) is 23.7 Å². The molecule has 2 aliphatic heterocycles. The number of likely N-dealkylation sites (tertiary alicyclic amines) is 2. The van der Waals surface area contributed by atoms with Crippen LogP contribution in [-0.2, 0) is 19.1 Å². The summed E-state index contributed by atoms with van der Waals surface area (Å²) in [6, 6.07) is 10.9. The summed E-state index contributed by atoms with van der Waals surface area (Å²) < 4.78 is 24.2. The fraction of sp³-hybridized carbons (Fsp3) is 0.450. The van der Waals surface area contributed by atoms with Gasteiger partial charge in [0.1, 0.15) is 29.9 Å². The number of hydrogen-bond donors (Lipinski definition) is 4. The second-order valence-electron chi connectivity index (χ2n) is 14.6. The number of nitrogens with one attached hydrogen (secondary N) is 4. The maximum Gasteiger partial charge on any atom is 0.407 e. The fourth-order valence-electron chi connectivity index (χ4n) is 7.15. The number of methoxy groups -OCH3 is 2. The highest BCUT2D eigenvalue weighted by atomic mass is 19.1. The van der Waals surface area contributed by atoms with Crippen LogP contribution in [0.3, 0.4) is 0 Å². The molecule has 0 radical (unpaired) electrons. The van der Waals surface area contributed by atoms with Gasteiger partial charge in [-0.3, -0.25) is 9.59 Å². The third-order valence-electron chi connectivity index (χ3n) is 10.1. The van der Waals surface area contributed by atoms with Gasteiger partial charge in [0.05, 0.1) is 55.8 Å². The molecule has 2 saturated heterocycles. The van der Waals surface area contributed by atoms with Crippen LogP contribution >= 0.6 is 0 Å². The van der Waals surface area contributed by atoms with Crippen molar-refractivity contribution in [3.05, 3.63) is 71.4 Å². The zero-order chi connectivity index (χ0) is 39.4. The Morgan fingerprint density at radius 3 is 2.09 bits per heavy atom. The standard InChI is InChI=1S/C40H47FN8O6/c1-22(2)33(46-39(52)54-5)37(50)48-17-7-8-31(48)35-42-20-30(45-35)26-14-11-24(12-15-26)9-10-25-13-16-28-29(18-25)44-36(43-28)32-19-27(41)21-49(32)38(51)34(23(3)4)47-40(53)55-6/h11-16,18,20,22-23,27,31-34H,7-8,17,19,21H2,1-6H3,(H,42,45)(H,43,44)(H,46,52)(H,47,53)/t27-,31+,32+,33+,34+/m1/s1. The van der Waals surface area contributed by atoms with Crippen LogP contribution in [0.4, 0.5) is 14.0 Å². The lowest BCUT2D eigenvalue weighted by atomic mass is 10.0. The summed E-state index contributed by atoms with van der Waals surface area (Å²) in [7, 11) is 2.50. The number of aromatic nitrogens is 4. The van der Waals surface area contributed by atoms with E-state index >= 15 is 0 Å². The Morgan fingerprint density at radius 2 is 1.45 bits per heavy atom. The van der Waals surface area contributed by atoms with Gasteiger partial charge >= 0.3 is 12.2 Å². The maximum atomic E-state index is 14.8. The van der Waals surface area contributed by atoms with E-state index < -0.39 is 42.4 Å². The van der Waals surface area contributed by atoms with Crippen molar-refractivity contribution in [3.63, 3.8) is 0 Å². The molecular formula is C40H47FN8O6. The molecule has 0 unspecified atom stereocenters. The van der Waals surface area contributed by atoms with Crippen LogP contribution in [0.25, 0.3) is 22.3 Å². The molecule has 6 rings (SSSR count). The van der Waals surface area contributed by atoms with Crippen LogP contribution in [0.1, 0.15) is 81.8 Å². The van der Waals surface area contributed by atoms with Gasteiger partial charge in [-0.25, -0.2) is 23.9 Å². The Labute approximate surface area is 318 Å². The van der Waals surface area contributed by atoms with E-state index in [4.69, 9.17) is 9.47 Å². The predicted molar refractivity (Wildman–Crippen MR) is 202 cm³/mol. The molecule has 55 heavy (non-hydrogen) atoms. The molecule has 0 spiro atoms. The summed E-state index contributed by atoms with van der Waals surface area (Å²) in [6.45, 7) is 7.85. The van der Waals surface area contributed by atoms with E-state index in [2.05, 4.69) is 42.4 Å². The molecule has 2 aromatic heterocycles. The molecule has 4 aromatic rings. The van der Waals surface area contributed by atoms with Gasteiger partial charge in [-0.05, 0) is 60.6 Å². The average molecular weight is 755 g/mol. The second-order valence-corrected chi connectivity index (χ2v) is 14.6. The molecule has 0 saturated carbocycles. The number of carbonyl (C=O) groups is 4. The summed E-state index contributed by atoms with van der Waals surface area (Å²) in [5.41, 5.74) is 4.63. The van der Waals surface area contributed by atoms with Crippen molar-refractivity contribution in [2.45, 2.75) is 77.3 Å². The summed E-state index contributed by atoms with van der Waals surface area (Å²) in [4.78, 5) is 70.1. The number of fused-ring (bicyclic) bond motifs is 1. The molecule has 14 nitrogen and oxygen atoms in total. The van der Waals surface area contributed by atoms with Gasteiger partial charge in [-0.2, -0.15) is 0 Å². The first-order valence-electron chi connectivity index (χ1n) is 18.5. The SMILES string of the molecule is COC(=O)N[C@H](C(=O)N1CCC[C@H]1c1ncc(-c2ccc(C#Cc3ccc4nc([C@@H]5C[C@@H](F)CN5C(=O)[C@@H](NC(=O)OC)C(C)C)[nH]c4c3)cc2)[nH]1)C(C)C. The Kier molecular flexibility index (Phi) is 11.7. The first-order valence-corrected chi connectivity index (χ1v) is 18.5. The largest absolute Gasteiger partial charge is 0.453 e. The van der Waals surface area contributed by atoms with Crippen molar-refractivity contribution in [1.82, 2.24) is 40.4 Å². The highest BCUT2D eigenvalue weighted by Crippen LogP contribution is 2.35. The quantitative estimate of drug-likeness (QED) is 0.165. The van der Waals surface area contributed by atoms with Crippen LogP contribution in [0.15, 0.2) is 48.7 Å². The molecule has 0 aliphatic carbocycles. The molecule has 5 atom stereocenters. The summed E-state index contributed by atoms with van der Waals surface area (Å²) in [6.07, 6.45) is 0.832. The molecule has 2 aliphatic rings. The van der Waals surface area contributed by atoms with Crippen molar-refractivity contribution in [1.29, 1.82) is 0 Å². The van der Waals surface area contributed by atoms with Gasteiger partial charge in [-0.15, -0.1) is 0 Å². The minimum atomic E-state index is -1.23.